The molecule has 8 rings (SSSR count). The van der Waals surface area contributed by atoms with Gasteiger partial charge in [-0.25, -0.2) is 29.0 Å². The molecular weight excluding hydrogens is 609 g/mol. The average molecular weight is 642 g/mol. The first-order chi connectivity index (χ1) is 23.5. The summed E-state index contributed by atoms with van der Waals surface area (Å²) in [5, 5.41) is 16.9. The van der Waals surface area contributed by atoms with E-state index in [2.05, 4.69) is 45.6 Å². The summed E-state index contributed by atoms with van der Waals surface area (Å²) in [7, 11) is 0. The Kier molecular flexibility index (Phi) is 7.63. The number of fused-ring (bicyclic) bond motifs is 2. The van der Waals surface area contributed by atoms with Crippen LogP contribution in [0.15, 0.2) is 79.4 Å². The molecule has 1 fully saturated rings. The van der Waals surface area contributed by atoms with Gasteiger partial charge in [-0.1, -0.05) is 49.5 Å². The SMILES string of the molecule is Cc1nn(-c2nc3ccccc3[nH]2)c2ncc(C(=O)Nc3ccc(F)c(-c4cn(C(CC5CCCCC5)c5ncccn5)nn4)c3)cc12. The molecule has 0 bridgehead atoms. The predicted molar refractivity (Wildman–Crippen MR) is 178 cm³/mol. The maximum atomic E-state index is 15.2. The summed E-state index contributed by atoms with van der Waals surface area (Å²) >= 11 is 0. The molecule has 1 unspecified atom stereocenters. The van der Waals surface area contributed by atoms with E-state index in [1.807, 2.05) is 31.2 Å². The van der Waals surface area contributed by atoms with E-state index in [4.69, 9.17) is 0 Å². The number of nitrogens with zero attached hydrogens (tertiary/aromatic N) is 9. The number of anilines is 1. The van der Waals surface area contributed by atoms with E-state index in [1.165, 1.54) is 37.6 Å². The van der Waals surface area contributed by atoms with E-state index in [0.717, 1.165) is 30.3 Å². The first-order valence-corrected chi connectivity index (χ1v) is 16.1. The molecule has 0 saturated heterocycles. The third kappa shape index (κ3) is 5.67. The lowest BCUT2D eigenvalue weighted by molar-refractivity contribution is 0.102. The highest BCUT2D eigenvalue weighted by atomic mass is 19.1. The van der Waals surface area contributed by atoms with Crippen LogP contribution in [0.5, 0.6) is 0 Å². The maximum Gasteiger partial charge on any atom is 0.257 e. The van der Waals surface area contributed by atoms with E-state index in [1.54, 1.807) is 46.2 Å². The van der Waals surface area contributed by atoms with Gasteiger partial charge in [0.2, 0.25) is 5.95 Å². The molecule has 0 aliphatic heterocycles. The van der Waals surface area contributed by atoms with Gasteiger partial charge in [-0.3, -0.25) is 4.79 Å². The molecule has 48 heavy (non-hydrogen) atoms. The minimum atomic E-state index is -0.475. The van der Waals surface area contributed by atoms with Crippen molar-refractivity contribution in [2.75, 3.05) is 5.32 Å². The van der Waals surface area contributed by atoms with Gasteiger partial charge in [0, 0.05) is 35.2 Å². The van der Waals surface area contributed by atoms with Crippen LogP contribution in [-0.4, -0.2) is 55.6 Å². The van der Waals surface area contributed by atoms with Crippen molar-refractivity contribution in [2.24, 2.45) is 5.92 Å². The summed E-state index contributed by atoms with van der Waals surface area (Å²) in [5.41, 5.74) is 4.28. The highest BCUT2D eigenvalue weighted by molar-refractivity contribution is 6.06. The lowest BCUT2D eigenvalue weighted by Crippen LogP contribution is -2.20. The Labute approximate surface area is 274 Å². The number of benzene rings is 2. The number of carbonyl (C=O) groups is 1. The third-order valence-corrected chi connectivity index (χ3v) is 9.04. The highest BCUT2D eigenvalue weighted by Gasteiger charge is 2.25. The Morgan fingerprint density at radius 3 is 2.71 bits per heavy atom. The number of carbonyl (C=O) groups excluding carboxylic acids is 1. The standard InChI is InChI=1S/C35H32FN11O/c1-21-25-17-23(19-39-33(25)47(44-21)35-41-28-10-5-6-11-29(28)42-35)34(48)40-24-12-13-27(36)26(18-24)30-20-46(45-43-30)31(32-37-14-7-15-38-32)16-22-8-3-2-4-9-22/h5-7,10-15,17-20,22,31H,2-4,8-9,16H2,1H3,(H,40,48)(H,41,42). The number of halogens is 1. The number of nitrogens with one attached hydrogen (secondary N) is 2. The second-order valence-corrected chi connectivity index (χ2v) is 12.3. The number of hydrogen-bond acceptors (Lipinski definition) is 8. The first-order valence-electron chi connectivity index (χ1n) is 16.1. The molecule has 240 valence electrons. The van der Waals surface area contributed by atoms with Crippen LogP contribution in [0.1, 0.15) is 66.4 Å². The fraction of sp³-hybridized carbons (Fsp3) is 0.257. The fourth-order valence-electron chi connectivity index (χ4n) is 6.56. The molecule has 1 aliphatic carbocycles. The number of aromatic nitrogens is 10. The number of hydrogen-bond donors (Lipinski definition) is 2. The summed E-state index contributed by atoms with van der Waals surface area (Å²) in [6.45, 7) is 1.86. The molecule has 1 amide bonds. The van der Waals surface area contributed by atoms with E-state index in [9.17, 15) is 4.79 Å². The Morgan fingerprint density at radius 2 is 1.88 bits per heavy atom. The number of imidazole rings is 1. The molecule has 1 saturated carbocycles. The maximum absolute atomic E-state index is 15.2. The molecule has 2 N–H and O–H groups in total. The highest BCUT2D eigenvalue weighted by Crippen LogP contribution is 2.34. The molecule has 12 nitrogen and oxygen atoms in total. The van der Waals surface area contributed by atoms with Crippen molar-refractivity contribution in [3.63, 3.8) is 0 Å². The van der Waals surface area contributed by atoms with E-state index in [-0.39, 0.29) is 11.6 Å². The fourth-order valence-corrected chi connectivity index (χ4v) is 6.56. The van der Waals surface area contributed by atoms with Gasteiger partial charge < -0.3 is 10.3 Å². The average Bonchev–Trinajstić information content (AvgIpc) is 3.86. The van der Waals surface area contributed by atoms with Gasteiger partial charge in [-0.05, 0) is 61.7 Å². The zero-order chi connectivity index (χ0) is 32.6. The Bertz CT molecular complexity index is 2220. The van der Waals surface area contributed by atoms with Crippen LogP contribution in [-0.2, 0) is 0 Å². The molecule has 7 aromatic rings. The monoisotopic (exact) mass is 641 g/mol. The first kappa shape index (κ1) is 29.5. The summed E-state index contributed by atoms with van der Waals surface area (Å²) in [6, 6.07) is 15.4. The summed E-state index contributed by atoms with van der Waals surface area (Å²) < 4.78 is 18.6. The van der Waals surface area contributed by atoms with Gasteiger partial charge in [0.15, 0.2) is 11.5 Å². The number of rotatable bonds is 8. The van der Waals surface area contributed by atoms with Gasteiger partial charge in [-0.2, -0.15) is 9.78 Å². The minimum Gasteiger partial charge on any atom is -0.322 e. The van der Waals surface area contributed by atoms with E-state index >= 15 is 4.39 Å². The number of aryl methyl sites for hydroxylation is 1. The van der Waals surface area contributed by atoms with Crippen molar-refractivity contribution >= 4 is 33.7 Å². The number of aromatic amines is 1. The van der Waals surface area contributed by atoms with Crippen LogP contribution in [0.4, 0.5) is 10.1 Å². The van der Waals surface area contributed by atoms with E-state index in [0.29, 0.717) is 51.4 Å². The Hall–Kier alpha value is -5.85. The second-order valence-electron chi connectivity index (χ2n) is 12.3. The molecule has 1 atom stereocenters. The lowest BCUT2D eigenvalue weighted by atomic mass is 9.84. The molecule has 0 radical (unpaired) electrons. The predicted octanol–water partition coefficient (Wildman–Crippen LogP) is 6.60. The van der Waals surface area contributed by atoms with Gasteiger partial charge in [0.1, 0.15) is 17.6 Å². The Morgan fingerprint density at radius 1 is 1.04 bits per heavy atom. The number of amides is 1. The van der Waals surface area contributed by atoms with Gasteiger partial charge in [0.05, 0.1) is 28.5 Å². The number of para-hydroxylation sites is 2. The van der Waals surface area contributed by atoms with Crippen LogP contribution in [0.25, 0.3) is 39.3 Å². The summed E-state index contributed by atoms with van der Waals surface area (Å²) in [6.07, 6.45) is 13.5. The largest absolute Gasteiger partial charge is 0.322 e. The second kappa shape index (κ2) is 12.4. The summed E-state index contributed by atoms with van der Waals surface area (Å²) in [4.78, 5) is 34.9. The van der Waals surface area contributed by atoms with Crippen molar-refractivity contribution in [2.45, 2.75) is 51.5 Å². The molecule has 0 spiro atoms. The van der Waals surface area contributed by atoms with Gasteiger partial charge in [-0.15, -0.1) is 5.10 Å². The number of pyridine rings is 1. The van der Waals surface area contributed by atoms with Gasteiger partial charge >= 0.3 is 0 Å². The quantitative estimate of drug-likeness (QED) is 0.189. The van der Waals surface area contributed by atoms with Crippen LogP contribution in [0.2, 0.25) is 0 Å². The van der Waals surface area contributed by atoms with Crippen LogP contribution in [0.3, 0.4) is 0 Å². The smallest absolute Gasteiger partial charge is 0.257 e. The normalized spacial score (nSPS) is 14.5. The third-order valence-electron chi connectivity index (χ3n) is 9.04. The molecular formula is C35H32FN11O. The van der Waals surface area contributed by atoms with E-state index < -0.39 is 11.7 Å². The van der Waals surface area contributed by atoms with Crippen molar-refractivity contribution in [3.8, 4) is 17.2 Å². The Balaban J connectivity index is 1.04. The van der Waals surface area contributed by atoms with Crippen LogP contribution in [0, 0.1) is 18.7 Å². The zero-order valence-corrected chi connectivity index (χ0v) is 26.2. The minimum absolute atomic E-state index is 0.219. The summed E-state index contributed by atoms with van der Waals surface area (Å²) in [5.74, 6) is 0.857. The molecule has 1 aliphatic rings. The van der Waals surface area contributed by atoms with Crippen molar-refractivity contribution in [1.29, 1.82) is 0 Å². The van der Waals surface area contributed by atoms with Crippen LogP contribution >= 0.6 is 0 Å². The number of H-pyrrole nitrogens is 1. The van der Waals surface area contributed by atoms with Crippen molar-refractivity contribution in [1.82, 2.24) is 49.7 Å². The molecule has 13 heteroatoms. The molecule has 5 aromatic heterocycles. The van der Waals surface area contributed by atoms with Crippen LogP contribution < -0.4 is 5.32 Å². The lowest BCUT2D eigenvalue weighted by Gasteiger charge is -2.25. The van der Waals surface area contributed by atoms with Crippen molar-refractivity contribution in [3.05, 3.63) is 102 Å². The molecule has 5 heterocycles. The van der Waals surface area contributed by atoms with Crippen molar-refractivity contribution < 1.29 is 9.18 Å². The molecule has 2 aromatic carbocycles. The van der Waals surface area contributed by atoms with Gasteiger partial charge in [0.25, 0.3) is 5.91 Å². The topological polar surface area (TPSA) is 145 Å². The zero-order valence-electron chi connectivity index (χ0n) is 26.2.